The summed E-state index contributed by atoms with van der Waals surface area (Å²) in [6, 6.07) is 13.9. The summed E-state index contributed by atoms with van der Waals surface area (Å²) in [4.78, 5) is 53.4. The van der Waals surface area contributed by atoms with Crippen molar-refractivity contribution in [1.29, 1.82) is 0 Å². The Morgan fingerprint density at radius 2 is 1.76 bits per heavy atom. The molecular weight excluding hydrogens is 558 g/mol. The summed E-state index contributed by atoms with van der Waals surface area (Å²) in [5, 5.41) is 0. The number of primary amides is 1. The van der Waals surface area contributed by atoms with E-state index in [0.29, 0.717) is 21.6 Å². The van der Waals surface area contributed by atoms with E-state index in [0.717, 1.165) is 24.0 Å². The number of amides is 3. The second kappa shape index (κ2) is 10.7. The number of carbonyl (C=O) groups is 4. The molecule has 1 heterocycles. The average Bonchev–Trinajstić information content (AvgIpc) is 3.42. The van der Waals surface area contributed by atoms with E-state index in [1.807, 2.05) is 0 Å². The second-order valence-electron chi connectivity index (χ2n) is 10.2. The molecule has 12 heteroatoms. The topological polar surface area (TPSA) is 110 Å². The molecule has 1 fully saturated rings. The van der Waals surface area contributed by atoms with Gasteiger partial charge < -0.3 is 20.3 Å². The molecule has 0 aromatic heterocycles. The zero-order valence-electron chi connectivity index (χ0n) is 22.3. The summed E-state index contributed by atoms with van der Waals surface area (Å²) in [5.41, 5.74) is 5.85. The van der Waals surface area contributed by atoms with Crippen molar-refractivity contribution in [2.24, 2.45) is 5.73 Å². The molecule has 1 spiro atoms. The Morgan fingerprint density at radius 3 is 2.43 bits per heavy atom. The highest BCUT2D eigenvalue weighted by Crippen LogP contribution is 2.44. The van der Waals surface area contributed by atoms with Crippen LogP contribution in [0.3, 0.4) is 0 Å². The molecule has 1 aliphatic carbocycles. The molecule has 1 saturated heterocycles. The zero-order valence-corrected chi connectivity index (χ0v) is 22.3. The molecule has 42 heavy (non-hydrogen) atoms. The van der Waals surface area contributed by atoms with Gasteiger partial charge in [-0.25, -0.2) is 4.39 Å². The van der Waals surface area contributed by atoms with E-state index in [-0.39, 0.29) is 23.1 Å². The molecule has 0 bridgehead atoms. The third-order valence-corrected chi connectivity index (χ3v) is 7.61. The summed E-state index contributed by atoms with van der Waals surface area (Å²) in [7, 11) is 0. The van der Waals surface area contributed by atoms with E-state index in [1.165, 1.54) is 18.2 Å². The van der Waals surface area contributed by atoms with Crippen molar-refractivity contribution in [3.63, 3.8) is 0 Å². The standard InChI is InChI=1S/C30H25F4N3O5/c1-17(30(32,33)34)37(14-18-6-9-21(31)10-7-18)26(39)15-36-16-42-29(28(36)41)24-11-8-19(12-20(24)13-25(29)38)22-4-2-3-5-23(22)27(35)40/h2-12,17H,13-16H2,1H3,(H2,35,40)/t17-,29+/m0/s1. The average molecular weight is 584 g/mol. The number of benzene rings is 3. The number of rotatable bonds is 7. The van der Waals surface area contributed by atoms with Crippen LogP contribution in [0.1, 0.15) is 34.0 Å². The Labute approximate surface area is 237 Å². The minimum absolute atomic E-state index is 0.169. The smallest absolute Gasteiger partial charge is 0.366 e. The highest BCUT2D eigenvalue weighted by molar-refractivity contribution is 6.15. The third-order valence-electron chi connectivity index (χ3n) is 7.61. The van der Waals surface area contributed by atoms with Gasteiger partial charge in [0.25, 0.3) is 5.91 Å². The molecule has 0 radical (unpaired) electrons. The van der Waals surface area contributed by atoms with Crippen molar-refractivity contribution in [3.8, 4) is 11.1 Å². The predicted octanol–water partition coefficient (Wildman–Crippen LogP) is 3.71. The molecule has 5 rings (SSSR count). The van der Waals surface area contributed by atoms with Crippen molar-refractivity contribution >= 4 is 23.5 Å². The maximum Gasteiger partial charge on any atom is 0.408 e. The Bertz CT molecular complexity index is 1590. The van der Waals surface area contributed by atoms with Gasteiger partial charge in [0.2, 0.25) is 17.4 Å². The van der Waals surface area contributed by atoms with Crippen molar-refractivity contribution in [2.45, 2.75) is 37.7 Å². The van der Waals surface area contributed by atoms with Gasteiger partial charge in [-0.1, -0.05) is 48.5 Å². The van der Waals surface area contributed by atoms with Gasteiger partial charge in [-0.2, -0.15) is 13.2 Å². The molecule has 0 unspecified atom stereocenters. The maximum atomic E-state index is 13.7. The van der Waals surface area contributed by atoms with Gasteiger partial charge in [-0.15, -0.1) is 0 Å². The van der Waals surface area contributed by atoms with E-state index in [2.05, 4.69) is 0 Å². The lowest BCUT2D eigenvalue weighted by molar-refractivity contribution is -0.187. The van der Waals surface area contributed by atoms with Crippen LogP contribution in [0.5, 0.6) is 0 Å². The first kappa shape index (κ1) is 28.9. The fourth-order valence-electron chi connectivity index (χ4n) is 5.33. The van der Waals surface area contributed by atoms with Crippen molar-refractivity contribution in [1.82, 2.24) is 9.80 Å². The lowest BCUT2D eigenvalue weighted by Crippen LogP contribution is -2.51. The van der Waals surface area contributed by atoms with Crippen LogP contribution in [0, 0.1) is 5.82 Å². The number of carbonyl (C=O) groups excluding carboxylic acids is 4. The SMILES string of the molecule is C[C@H](N(Cc1ccc(F)cc1)C(=O)CN1CO[C@]2(C(=O)Cc3cc(-c4ccccc4C(N)=O)ccc32)C1=O)C(F)(F)F. The first-order valence-corrected chi connectivity index (χ1v) is 12.9. The minimum Gasteiger partial charge on any atom is -0.366 e. The Kier molecular flexibility index (Phi) is 7.35. The molecule has 2 aliphatic rings. The van der Waals surface area contributed by atoms with Crippen LogP contribution >= 0.6 is 0 Å². The number of fused-ring (bicyclic) bond motifs is 2. The summed E-state index contributed by atoms with van der Waals surface area (Å²) in [5.74, 6) is -3.68. The van der Waals surface area contributed by atoms with E-state index >= 15 is 0 Å². The summed E-state index contributed by atoms with van der Waals surface area (Å²) < 4.78 is 60.1. The largest absolute Gasteiger partial charge is 0.408 e. The van der Waals surface area contributed by atoms with Crippen LogP contribution in [-0.4, -0.2) is 58.8 Å². The molecule has 218 valence electrons. The van der Waals surface area contributed by atoms with E-state index < -0.39 is 67.0 Å². The number of hydrogen-bond donors (Lipinski definition) is 1. The summed E-state index contributed by atoms with van der Waals surface area (Å²) >= 11 is 0. The number of hydrogen-bond acceptors (Lipinski definition) is 5. The monoisotopic (exact) mass is 583 g/mol. The maximum absolute atomic E-state index is 13.7. The molecule has 3 aromatic rings. The highest BCUT2D eigenvalue weighted by Gasteiger charge is 2.59. The molecule has 8 nitrogen and oxygen atoms in total. The van der Waals surface area contributed by atoms with Gasteiger partial charge in [0.15, 0.2) is 5.78 Å². The number of nitrogens with two attached hydrogens (primary N) is 1. The van der Waals surface area contributed by atoms with Crippen LogP contribution in [-0.2, 0) is 37.7 Å². The highest BCUT2D eigenvalue weighted by atomic mass is 19.4. The second-order valence-corrected chi connectivity index (χ2v) is 10.2. The first-order chi connectivity index (χ1) is 19.8. The minimum atomic E-state index is -4.77. The molecule has 0 saturated carbocycles. The first-order valence-electron chi connectivity index (χ1n) is 12.9. The van der Waals surface area contributed by atoms with Gasteiger partial charge in [-0.05, 0) is 47.4 Å². The molecule has 3 aromatic carbocycles. The Morgan fingerprint density at radius 1 is 1.07 bits per heavy atom. The van der Waals surface area contributed by atoms with Gasteiger partial charge in [-0.3, -0.25) is 19.2 Å². The number of nitrogens with zero attached hydrogens (tertiary/aromatic N) is 2. The van der Waals surface area contributed by atoms with Crippen molar-refractivity contribution in [2.75, 3.05) is 13.3 Å². The van der Waals surface area contributed by atoms with Gasteiger partial charge in [0.05, 0.1) is 0 Å². The van der Waals surface area contributed by atoms with Crippen LogP contribution in [0.15, 0.2) is 66.7 Å². The zero-order chi connectivity index (χ0) is 30.4. The number of ketones is 1. The number of alkyl halides is 3. The molecular formula is C30H25F4N3O5. The van der Waals surface area contributed by atoms with Gasteiger partial charge in [0.1, 0.15) is 25.1 Å². The molecule has 3 amide bonds. The van der Waals surface area contributed by atoms with Crippen LogP contribution in [0.25, 0.3) is 11.1 Å². The van der Waals surface area contributed by atoms with Crippen molar-refractivity contribution in [3.05, 3.63) is 94.8 Å². The number of Topliss-reactive ketones (excluding diaryl/α,β-unsaturated/α-hetero) is 1. The van der Waals surface area contributed by atoms with Gasteiger partial charge >= 0.3 is 6.18 Å². The van der Waals surface area contributed by atoms with E-state index in [4.69, 9.17) is 10.5 Å². The van der Waals surface area contributed by atoms with E-state index in [9.17, 15) is 36.7 Å². The number of halogens is 4. The number of ether oxygens (including phenoxy) is 1. The van der Waals surface area contributed by atoms with Gasteiger partial charge in [0, 0.05) is 24.1 Å². The normalized spacial score (nSPS) is 18.8. The molecule has 1 aliphatic heterocycles. The summed E-state index contributed by atoms with van der Waals surface area (Å²) in [6.45, 7) is -0.928. The van der Waals surface area contributed by atoms with E-state index in [1.54, 1.807) is 36.4 Å². The summed E-state index contributed by atoms with van der Waals surface area (Å²) in [6.07, 6.45) is -4.94. The third kappa shape index (κ3) is 5.02. The lowest BCUT2D eigenvalue weighted by atomic mass is 9.91. The Balaban J connectivity index is 1.40. The fraction of sp³-hybridized carbons (Fsp3) is 0.267. The predicted molar refractivity (Wildman–Crippen MR) is 141 cm³/mol. The van der Waals surface area contributed by atoms with Crippen molar-refractivity contribution < 1.29 is 41.5 Å². The molecule has 2 N–H and O–H groups in total. The quantitative estimate of drug-likeness (QED) is 0.337. The lowest BCUT2D eigenvalue weighted by Gasteiger charge is -2.32. The van der Waals surface area contributed by atoms with Crippen LogP contribution in [0.2, 0.25) is 0 Å². The fourth-order valence-corrected chi connectivity index (χ4v) is 5.33. The Hall–Kier alpha value is -4.58. The van der Waals surface area contributed by atoms with Crippen LogP contribution in [0.4, 0.5) is 17.6 Å². The molecule has 2 atom stereocenters. The van der Waals surface area contributed by atoms with Crippen LogP contribution < -0.4 is 5.73 Å².